The smallest absolute Gasteiger partial charge is 0.183 e. The molecule has 4 heteroatoms. The third kappa shape index (κ3) is 42.5. The van der Waals surface area contributed by atoms with E-state index in [1.54, 1.807) is 7.11 Å². The summed E-state index contributed by atoms with van der Waals surface area (Å²) in [5, 5.41) is 14.0. The monoisotopic (exact) mass is 168 g/mol. The molecule has 0 saturated heterocycles. The fraction of sp³-hybridized carbons (Fsp3) is 1.00. The van der Waals surface area contributed by atoms with Crippen LogP contribution < -0.4 is 0 Å². The van der Waals surface area contributed by atoms with Gasteiger partial charge in [0.2, 0.25) is 0 Å². The van der Waals surface area contributed by atoms with Gasteiger partial charge >= 0.3 is 0 Å². The zero-order valence-electron chi connectivity index (χ0n) is 7.80. The molecule has 66 valence electrons. The normalized spacial score (nSPS) is 8.40. The predicted octanol–water partition coefficient (Wildman–Crippen LogP) is 0.685. The predicted molar refractivity (Wildman–Crippen MR) is 46.6 cm³/mol. The van der Waals surface area contributed by atoms with Crippen LogP contribution in [0.5, 0.6) is 0 Å². The Hall–Kier alpha value is 0.0969. The van der Waals surface area contributed by atoms with Gasteiger partial charge < -0.3 is 14.6 Å². The Balaban J connectivity index is -0.000000105. The molecular formula is C6H20O3Si. The number of hydrogen-bond donors (Lipinski definition) is 2. The van der Waals surface area contributed by atoms with E-state index in [0.29, 0.717) is 0 Å². The lowest BCUT2D eigenvalue weighted by molar-refractivity contribution is 0.399. The Morgan fingerprint density at radius 2 is 1.00 bits per heavy atom. The van der Waals surface area contributed by atoms with Crippen LogP contribution in [-0.4, -0.2) is 39.9 Å². The summed E-state index contributed by atoms with van der Waals surface area (Å²) in [6.45, 7) is 6.48. The van der Waals surface area contributed by atoms with Crippen molar-refractivity contribution in [2.75, 3.05) is 21.3 Å². The highest BCUT2D eigenvalue weighted by atomic mass is 28.4. The molecule has 0 aliphatic heterocycles. The first kappa shape index (κ1) is 16.6. The maximum atomic E-state index is 7.00. The number of aliphatic hydroxyl groups excluding tert-OH is 2. The molecule has 0 aromatic heterocycles. The largest absolute Gasteiger partial charge is 0.421 e. The second kappa shape index (κ2) is 11.8. The minimum absolute atomic E-state index is 1.00. The highest BCUT2D eigenvalue weighted by Gasteiger charge is 2.09. The van der Waals surface area contributed by atoms with Gasteiger partial charge in [0.05, 0.1) is 0 Å². The lowest BCUT2D eigenvalue weighted by Gasteiger charge is -2.10. The van der Waals surface area contributed by atoms with E-state index in [2.05, 4.69) is 19.6 Å². The van der Waals surface area contributed by atoms with Gasteiger partial charge in [0.1, 0.15) is 0 Å². The second-order valence-corrected chi connectivity index (χ2v) is 6.95. The summed E-state index contributed by atoms with van der Waals surface area (Å²) < 4.78 is 5.08. The summed E-state index contributed by atoms with van der Waals surface area (Å²) >= 11 is 0. The molecular weight excluding hydrogens is 148 g/mol. The lowest BCUT2D eigenvalue weighted by atomic mass is 11.8. The first-order valence-corrected chi connectivity index (χ1v) is 6.42. The Morgan fingerprint density at radius 1 is 0.900 bits per heavy atom. The van der Waals surface area contributed by atoms with E-state index in [-0.39, 0.29) is 0 Å². The van der Waals surface area contributed by atoms with Crippen LogP contribution >= 0.6 is 0 Å². The molecule has 0 bridgehead atoms. The quantitative estimate of drug-likeness (QED) is 0.566. The van der Waals surface area contributed by atoms with Crippen LogP contribution in [0.4, 0.5) is 0 Å². The van der Waals surface area contributed by atoms with Crippen molar-refractivity contribution in [3.05, 3.63) is 0 Å². The highest BCUT2D eigenvalue weighted by Crippen LogP contribution is 1.97. The fourth-order valence-electron chi connectivity index (χ4n) is 0. The first-order valence-electron chi connectivity index (χ1n) is 3.01. The minimum atomic E-state index is -1.13. The molecule has 0 saturated carbocycles. The van der Waals surface area contributed by atoms with Crippen LogP contribution in [0.15, 0.2) is 0 Å². The van der Waals surface area contributed by atoms with Crippen molar-refractivity contribution in [2.24, 2.45) is 0 Å². The van der Waals surface area contributed by atoms with Crippen molar-refractivity contribution in [2.45, 2.75) is 19.6 Å². The van der Waals surface area contributed by atoms with Gasteiger partial charge in [0.25, 0.3) is 0 Å². The highest BCUT2D eigenvalue weighted by molar-refractivity contribution is 6.69. The molecule has 0 aromatic rings. The average molecular weight is 168 g/mol. The number of aliphatic hydroxyl groups is 2. The molecule has 0 aromatic carbocycles. The van der Waals surface area contributed by atoms with Crippen LogP contribution in [0.2, 0.25) is 19.6 Å². The van der Waals surface area contributed by atoms with E-state index < -0.39 is 8.32 Å². The summed E-state index contributed by atoms with van der Waals surface area (Å²) in [5.74, 6) is 0. The Kier molecular flexibility index (Phi) is 19.6. The van der Waals surface area contributed by atoms with E-state index >= 15 is 0 Å². The van der Waals surface area contributed by atoms with Gasteiger partial charge in [-0.1, -0.05) is 0 Å². The molecule has 0 aliphatic carbocycles. The molecule has 0 unspecified atom stereocenters. The zero-order chi connectivity index (χ0) is 9.21. The van der Waals surface area contributed by atoms with E-state index in [1.807, 2.05) is 0 Å². The summed E-state index contributed by atoms with van der Waals surface area (Å²) in [6, 6.07) is 0. The third-order valence-electron chi connectivity index (χ3n) is 0.612. The topological polar surface area (TPSA) is 49.7 Å². The number of hydrogen-bond acceptors (Lipinski definition) is 3. The van der Waals surface area contributed by atoms with E-state index in [9.17, 15) is 0 Å². The summed E-state index contributed by atoms with van der Waals surface area (Å²) in [5.41, 5.74) is 0. The van der Waals surface area contributed by atoms with Gasteiger partial charge in [-0.3, -0.25) is 0 Å². The maximum Gasteiger partial charge on any atom is 0.183 e. The molecule has 0 rings (SSSR count). The molecule has 0 radical (unpaired) electrons. The summed E-state index contributed by atoms with van der Waals surface area (Å²) in [6.07, 6.45) is 0. The molecule has 0 heterocycles. The standard InChI is InChI=1S/C4H12OSi.2CH4O/c1-5-6(2,3)4;2*1-2/h1-4H3;2*2H,1H3. The Morgan fingerprint density at radius 3 is 1.00 bits per heavy atom. The van der Waals surface area contributed by atoms with Gasteiger partial charge in [0, 0.05) is 21.3 Å². The zero-order valence-corrected chi connectivity index (χ0v) is 8.80. The van der Waals surface area contributed by atoms with Crippen LogP contribution in [0, 0.1) is 0 Å². The van der Waals surface area contributed by atoms with Gasteiger partial charge in [-0.15, -0.1) is 0 Å². The van der Waals surface area contributed by atoms with Crippen molar-refractivity contribution >= 4 is 8.32 Å². The number of rotatable bonds is 1. The van der Waals surface area contributed by atoms with Crippen LogP contribution in [0.1, 0.15) is 0 Å². The van der Waals surface area contributed by atoms with Crippen molar-refractivity contribution in [3.63, 3.8) is 0 Å². The first-order chi connectivity index (χ1) is 4.56. The second-order valence-electron chi connectivity index (χ2n) is 2.32. The van der Waals surface area contributed by atoms with E-state index in [4.69, 9.17) is 14.6 Å². The molecule has 0 fully saturated rings. The molecule has 10 heavy (non-hydrogen) atoms. The van der Waals surface area contributed by atoms with Crippen molar-refractivity contribution in [1.82, 2.24) is 0 Å². The Labute approximate surface area is 64.8 Å². The van der Waals surface area contributed by atoms with Gasteiger partial charge in [0.15, 0.2) is 8.32 Å². The van der Waals surface area contributed by atoms with Crippen LogP contribution in [-0.2, 0) is 4.43 Å². The fourth-order valence-corrected chi connectivity index (χ4v) is 0. The van der Waals surface area contributed by atoms with Crippen molar-refractivity contribution < 1.29 is 14.6 Å². The third-order valence-corrected chi connectivity index (χ3v) is 1.84. The van der Waals surface area contributed by atoms with E-state index in [1.165, 1.54) is 0 Å². The SMILES string of the molecule is CO.CO.CO[Si](C)(C)C. The molecule has 0 aliphatic rings. The molecule has 3 nitrogen and oxygen atoms in total. The van der Waals surface area contributed by atoms with Gasteiger partial charge in [-0.25, -0.2) is 0 Å². The summed E-state index contributed by atoms with van der Waals surface area (Å²) in [7, 11) is 2.64. The summed E-state index contributed by atoms with van der Waals surface area (Å²) in [4.78, 5) is 0. The van der Waals surface area contributed by atoms with Crippen molar-refractivity contribution in [1.29, 1.82) is 0 Å². The van der Waals surface area contributed by atoms with Crippen LogP contribution in [0.25, 0.3) is 0 Å². The molecule has 0 atom stereocenters. The minimum Gasteiger partial charge on any atom is -0.421 e. The Bertz CT molecular complexity index is 42.7. The average Bonchev–Trinajstić information content (AvgIpc) is 1.95. The maximum absolute atomic E-state index is 7.00. The molecule has 0 amide bonds. The van der Waals surface area contributed by atoms with Crippen LogP contribution in [0.3, 0.4) is 0 Å². The van der Waals surface area contributed by atoms with Crippen molar-refractivity contribution in [3.8, 4) is 0 Å². The molecule has 0 spiro atoms. The molecule has 2 N–H and O–H groups in total. The lowest BCUT2D eigenvalue weighted by Crippen LogP contribution is -2.22. The van der Waals surface area contributed by atoms with Gasteiger partial charge in [-0.2, -0.15) is 0 Å². The van der Waals surface area contributed by atoms with E-state index in [0.717, 1.165) is 14.2 Å². The van der Waals surface area contributed by atoms with Gasteiger partial charge in [-0.05, 0) is 19.6 Å².